The van der Waals surface area contributed by atoms with Gasteiger partial charge >= 0.3 is 0 Å². The maximum Gasteiger partial charge on any atom is 0.243 e. The number of carbonyl (C=O) groups is 1. The molecule has 8 heteroatoms. The Kier molecular flexibility index (Phi) is 5.54. The fourth-order valence-corrected chi connectivity index (χ4v) is 3.58. The summed E-state index contributed by atoms with van der Waals surface area (Å²) in [7, 11) is -1.59. The van der Waals surface area contributed by atoms with Gasteiger partial charge in [-0.1, -0.05) is 17.7 Å². The van der Waals surface area contributed by atoms with Crippen LogP contribution in [-0.2, 0) is 14.8 Å². The van der Waals surface area contributed by atoms with Crippen LogP contribution in [0.2, 0.25) is 5.02 Å². The zero-order valence-electron chi connectivity index (χ0n) is 13.6. The van der Waals surface area contributed by atoms with Crippen LogP contribution in [0.25, 0.3) is 0 Å². The van der Waals surface area contributed by atoms with Crippen molar-refractivity contribution in [2.75, 3.05) is 50.3 Å². The van der Waals surface area contributed by atoms with Crippen LogP contribution >= 0.6 is 11.6 Å². The minimum absolute atomic E-state index is 0.192. The second kappa shape index (κ2) is 7.07. The Morgan fingerprint density at radius 2 is 1.87 bits per heavy atom. The molecule has 6 nitrogen and oxygen atoms in total. The van der Waals surface area contributed by atoms with Crippen molar-refractivity contribution in [1.29, 1.82) is 0 Å². The molecule has 1 aliphatic heterocycles. The molecule has 2 rings (SSSR count). The van der Waals surface area contributed by atoms with Gasteiger partial charge in [-0.2, -0.15) is 0 Å². The minimum Gasteiger partial charge on any atom is -0.339 e. The first kappa shape index (κ1) is 18.0. The summed E-state index contributed by atoms with van der Waals surface area (Å²) >= 11 is 5.99. The first-order valence-electron chi connectivity index (χ1n) is 7.38. The molecule has 1 aromatic carbocycles. The maximum absolute atomic E-state index is 12.5. The number of piperazine rings is 1. The lowest BCUT2D eigenvalue weighted by Gasteiger charge is -2.34. The Morgan fingerprint density at radius 1 is 1.26 bits per heavy atom. The quantitative estimate of drug-likeness (QED) is 0.810. The molecular formula is C15H22ClN3O3S. The van der Waals surface area contributed by atoms with Crippen molar-refractivity contribution in [1.82, 2.24) is 9.80 Å². The third-order valence-corrected chi connectivity index (χ3v) is 5.34. The van der Waals surface area contributed by atoms with Crippen LogP contribution in [0.3, 0.4) is 0 Å². The lowest BCUT2D eigenvalue weighted by Crippen LogP contribution is -2.50. The average Bonchev–Trinajstić information content (AvgIpc) is 2.47. The molecule has 128 valence electrons. The highest BCUT2D eigenvalue weighted by Gasteiger charge is 2.26. The molecule has 0 aromatic heterocycles. The second-order valence-corrected chi connectivity index (χ2v) is 8.23. The van der Waals surface area contributed by atoms with Crippen LogP contribution < -0.4 is 4.31 Å². The summed E-state index contributed by atoms with van der Waals surface area (Å²) in [6.07, 6.45) is 1.10. The van der Waals surface area contributed by atoms with Gasteiger partial charge in [-0.05, 0) is 31.7 Å². The molecule has 0 spiro atoms. The zero-order valence-corrected chi connectivity index (χ0v) is 15.2. The van der Waals surface area contributed by atoms with Gasteiger partial charge < -0.3 is 9.80 Å². The number of hydrogen-bond donors (Lipinski definition) is 0. The standard InChI is InChI=1S/C15H22ClN3O3S/c1-12-4-5-13(16)10-14(12)19(23(3,21)22)11-15(20)18-8-6-17(2)7-9-18/h4-5,10H,6-9,11H2,1-3H3. The second-order valence-electron chi connectivity index (χ2n) is 5.88. The summed E-state index contributed by atoms with van der Waals surface area (Å²) in [6, 6.07) is 5.02. The third-order valence-electron chi connectivity index (χ3n) is 3.98. The number of aryl methyl sites for hydroxylation is 1. The molecule has 0 radical (unpaired) electrons. The van der Waals surface area contributed by atoms with Crippen LogP contribution in [0.15, 0.2) is 18.2 Å². The summed E-state index contributed by atoms with van der Waals surface area (Å²) < 4.78 is 25.5. The van der Waals surface area contributed by atoms with Crippen LogP contribution in [0, 0.1) is 6.92 Å². The molecule has 1 heterocycles. The van der Waals surface area contributed by atoms with E-state index < -0.39 is 10.0 Å². The molecular weight excluding hydrogens is 338 g/mol. The summed E-state index contributed by atoms with van der Waals surface area (Å²) in [5.41, 5.74) is 1.20. The van der Waals surface area contributed by atoms with E-state index in [0.29, 0.717) is 23.8 Å². The largest absolute Gasteiger partial charge is 0.339 e. The number of benzene rings is 1. The Balaban J connectivity index is 2.23. The van der Waals surface area contributed by atoms with Crippen molar-refractivity contribution in [3.63, 3.8) is 0 Å². The maximum atomic E-state index is 12.5. The van der Waals surface area contributed by atoms with E-state index in [1.807, 2.05) is 7.05 Å². The highest BCUT2D eigenvalue weighted by Crippen LogP contribution is 2.26. The number of likely N-dealkylation sites (N-methyl/N-ethyl adjacent to an activating group) is 1. The Hall–Kier alpha value is -1.31. The molecule has 1 amide bonds. The smallest absolute Gasteiger partial charge is 0.243 e. The summed E-state index contributed by atoms with van der Waals surface area (Å²) in [4.78, 5) is 16.3. The Morgan fingerprint density at radius 3 is 2.43 bits per heavy atom. The van der Waals surface area contributed by atoms with E-state index in [2.05, 4.69) is 4.90 Å². The Labute approximate surface area is 142 Å². The van der Waals surface area contributed by atoms with E-state index in [-0.39, 0.29) is 12.5 Å². The molecule has 0 aliphatic carbocycles. The summed E-state index contributed by atoms with van der Waals surface area (Å²) in [6.45, 7) is 4.40. The lowest BCUT2D eigenvalue weighted by molar-refractivity contribution is -0.131. The number of nitrogens with zero attached hydrogens (tertiary/aromatic N) is 3. The molecule has 0 N–H and O–H groups in total. The number of hydrogen-bond acceptors (Lipinski definition) is 4. The van der Waals surface area contributed by atoms with E-state index in [9.17, 15) is 13.2 Å². The van der Waals surface area contributed by atoms with E-state index >= 15 is 0 Å². The highest BCUT2D eigenvalue weighted by atomic mass is 35.5. The van der Waals surface area contributed by atoms with Gasteiger partial charge in [-0.3, -0.25) is 9.10 Å². The van der Waals surface area contributed by atoms with Crippen molar-refractivity contribution >= 4 is 33.2 Å². The number of halogens is 1. The normalized spacial score (nSPS) is 16.4. The summed E-state index contributed by atoms with van der Waals surface area (Å²) in [5, 5.41) is 0.436. The molecule has 0 bridgehead atoms. The van der Waals surface area contributed by atoms with Gasteiger partial charge in [0.15, 0.2) is 0 Å². The van der Waals surface area contributed by atoms with Crippen molar-refractivity contribution in [3.05, 3.63) is 28.8 Å². The van der Waals surface area contributed by atoms with Crippen LogP contribution in [0.5, 0.6) is 0 Å². The van der Waals surface area contributed by atoms with Crippen LogP contribution in [0.1, 0.15) is 5.56 Å². The van der Waals surface area contributed by atoms with Crippen molar-refractivity contribution in [2.45, 2.75) is 6.92 Å². The van der Waals surface area contributed by atoms with Crippen LogP contribution in [-0.4, -0.2) is 70.2 Å². The highest BCUT2D eigenvalue weighted by molar-refractivity contribution is 7.92. The number of anilines is 1. The predicted molar refractivity (Wildman–Crippen MR) is 92.5 cm³/mol. The first-order valence-corrected chi connectivity index (χ1v) is 9.61. The summed E-state index contributed by atoms with van der Waals surface area (Å²) in [5.74, 6) is -0.192. The molecule has 1 fully saturated rings. The van der Waals surface area contributed by atoms with Gasteiger partial charge in [0.2, 0.25) is 15.9 Å². The topological polar surface area (TPSA) is 60.9 Å². The number of rotatable bonds is 4. The van der Waals surface area contributed by atoms with Gasteiger partial charge in [-0.25, -0.2) is 8.42 Å². The van der Waals surface area contributed by atoms with Gasteiger partial charge in [0, 0.05) is 31.2 Å². The average molecular weight is 360 g/mol. The molecule has 0 unspecified atom stereocenters. The molecule has 1 aromatic rings. The first-order chi connectivity index (χ1) is 10.7. The van der Waals surface area contributed by atoms with Gasteiger partial charge in [-0.15, -0.1) is 0 Å². The van der Waals surface area contributed by atoms with Crippen molar-refractivity contribution < 1.29 is 13.2 Å². The molecule has 1 aliphatic rings. The predicted octanol–water partition coefficient (Wildman–Crippen LogP) is 1.19. The van der Waals surface area contributed by atoms with Crippen LogP contribution in [0.4, 0.5) is 5.69 Å². The van der Waals surface area contributed by atoms with E-state index in [0.717, 1.165) is 29.2 Å². The van der Waals surface area contributed by atoms with E-state index in [1.54, 1.807) is 30.0 Å². The van der Waals surface area contributed by atoms with Crippen molar-refractivity contribution in [3.8, 4) is 0 Å². The number of amides is 1. The number of sulfonamides is 1. The minimum atomic E-state index is -3.58. The van der Waals surface area contributed by atoms with E-state index in [4.69, 9.17) is 11.6 Å². The Bertz CT molecular complexity index is 685. The molecule has 1 saturated heterocycles. The molecule has 0 atom stereocenters. The van der Waals surface area contributed by atoms with Gasteiger partial charge in [0.25, 0.3) is 0 Å². The van der Waals surface area contributed by atoms with Gasteiger partial charge in [0.05, 0.1) is 11.9 Å². The number of carbonyl (C=O) groups excluding carboxylic acids is 1. The SMILES string of the molecule is Cc1ccc(Cl)cc1N(CC(=O)N1CCN(C)CC1)S(C)(=O)=O. The third kappa shape index (κ3) is 4.59. The van der Waals surface area contributed by atoms with Crippen molar-refractivity contribution in [2.24, 2.45) is 0 Å². The fraction of sp³-hybridized carbons (Fsp3) is 0.533. The monoisotopic (exact) mass is 359 g/mol. The van der Waals surface area contributed by atoms with E-state index in [1.165, 1.54) is 0 Å². The molecule has 0 saturated carbocycles. The van der Waals surface area contributed by atoms with Gasteiger partial charge in [0.1, 0.15) is 6.54 Å². The fourth-order valence-electron chi connectivity index (χ4n) is 2.51. The lowest BCUT2D eigenvalue weighted by atomic mass is 10.2. The zero-order chi connectivity index (χ0) is 17.2. The molecule has 23 heavy (non-hydrogen) atoms.